The van der Waals surface area contributed by atoms with Gasteiger partial charge >= 0.3 is 0 Å². The first-order valence-corrected chi connectivity index (χ1v) is 5.75. The summed E-state index contributed by atoms with van der Waals surface area (Å²) in [4.78, 5) is 5.18. The van der Waals surface area contributed by atoms with Crippen molar-refractivity contribution in [2.75, 3.05) is 0 Å². The zero-order chi connectivity index (χ0) is 10.3. The highest BCUT2D eigenvalue weighted by atomic mass is 35.5. The minimum absolute atomic E-state index is 0.427. The van der Waals surface area contributed by atoms with E-state index in [1.807, 2.05) is 0 Å². The monoisotopic (exact) mass is 229 g/mol. The lowest BCUT2D eigenvalue weighted by molar-refractivity contribution is 0.790. The molecule has 0 amide bonds. The summed E-state index contributed by atoms with van der Waals surface area (Å²) in [6.45, 7) is 4.72. The Bertz CT molecular complexity index is 458. The number of aromatic nitrogens is 2. The predicted molar refractivity (Wildman–Crippen MR) is 60.1 cm³/mol. The lowest BCUT2D eigenvalue weighted by Gasteiger charge is -2.05. The highest BCUT2D eigenvalue weighted by Crippen LogP contribution is 2.27. The van der Waals surface area contributed by atoms with E-state index in [0.29, 0.717) is 17.6 Å². The average Bonchev–Trinajstić information content (AvgIpc) is 2.61. The third-order valence-electron chi connectivity index (χ3n) is 2.22. The topological polar surface area (TPSA) is 43.3 Å². The van der Waals surface area contributed by atoms with Crippen LogP contribution in [-0.4, -0.2) is 9.38 Å². The quantitative estimate of drug-likeness (QED) is 0.861. The van der Waals surface area contributed by atoms with E-state index < -0.39 is 0 Å². The Hall–Kier alpha value is -0.580. The summed E-state index contributed by atoms with van der Waals surface area (Å²) >= 11 is 7.58. The van der Waals surface area contributed by atoms with Crippen molar-refractivity contribution in [1.29, 1.82) is 0 Å². The minimum atomic E-state index is 0.427. The summed E-state index contributed by atoms with van der Waals surface area (Å²) < 4.78 is 2.07. The molecule has 0 radical (unpaired) electrons. The van der Waals surface area contributed by atoms with Crippen molar-refractivity contribution in [2.24, 2.45) is 5.73 Å². The molecule has 2 rings (SSSR count). The Morgan fingerprint density at radius 2 is 2.36 bits per heavy atom. The van der Waals surface area contributed by atoms with E-state index in [2.05, 4.69) is 28.6 Å². The van der Waals surface area contributed by atoms with Crippen molar-refractivity contribution in [1.82, 2.24) is 9.38 Å². The first kappa shape index (κ1) is 9.96. The fourth-order valence-electron chi connectivity index (χ4n) is 1.49. The fourth-order valence-corrected chi connectivity index (χ4v) is 2.85. The molecule has 0 aliphatic heterocycles. The maximum Gasteiger partial charge on any atom is 0.195 e. The number of halogens is 1. The summed E-state index contributed by atoms with van der Waals surface area (Å²) in [5.74, 6) is 0.458. The van der Waals surface area contributed by atoms with Gasteiger partial charge in [-0.05, 0) is 5.92 Å². The number of nitrogens with two attached hydrogens (primary N) is 1. The predicted octanol–water partition coefficient (Wildman–Crippen LogP) is 2.63. The van der Waals surface area contributed by atoms with Crippen LogP contribution < -0.4 is 5.73 Å². The second-order valence-electron chi connectivity index (χ2n) is 3.49. The maximum atomic E-state index is 5.98. The molecule has 0 fully saturated rings. The first-order chi connectivity index (χ1) is 6.65. The zero-order valence-electron chi connectivity index (χ0n) is 8.12. The molecule has 0 aliphatic carbocycles. The Morgan fingerprint density at radius 3 is 2.93 bits per heavy atom. The van der Waals surface area contributed by atoms with Crippen molar-refractivity contribution >= 4 is 27.9 Å². The number of thiazole rings is 1. The van der Waals surface area contributed by atoms with Crippen LogP contribution in [0.4, 0.5) is 0 Å². The molecule has 2 N–H and O–H groups in total. The Morgan fingerprint density at radius 1 is 1.64 bits per heavy atom. The summed E-state index contributed by atoms with van der Waals surface area (Å²) in [7, 11) is 0. The second-order valence-corrected chi connectivity index (χ2v) is 4.68. The van der Waals surface area contributed by atoms with Gasteiger partial charge in [0.05, 0.1) is 5.69 Å². The number of fused-ring (bicyclic) bond motifs is 1. The lowest BCUT2D eigenvalue weighted by atomic mass is 10.1. The first-order valence-electron chi connectivity index (χ1n) is 4.49. The van der Waals surface area contributed by atoms with Crippen molar-refractivity contribution in [3.8, 4) is 0 Å². The fraction of sp³-hybridized carbons (Fsp3) is 0.444. The number of nitrogens with zero attached hydrogens (tertiary/aromatic N) is 2. The lowest BCUT2D eigenvalue weighted by Crippen LogP contribution is -2.04. The maximum absolute atomic E-state index is 5.98. The highest BCUT2D eigenvalue weighted by Gasteiger charge is 2.15. The van der Waals surface area contributed by atoms with Gasteiger partial charge in [0.15, 0.2) is 10.1 Å². The Kier molecular flexibility index (Phi) is 2.51. The SMILES string of the molecule is CC(C)c1csc2nc(Cl)c(CN)n12. The van der Waals surface area contributed by atoms with Gasteiger partial charge in [0.1, 0.15) is 0 Å². The van der Waals surface area contributed by atoms with Crippen LogP contribution in [0.25, 0.3) is 4.96 Å². The van der Waals surface area contributed by atoms with E-state index in [4.69, 9.17) is 17.3 Å². The molecule has 14 heavy (non-hydrogen) atoms. The standard InChI is InChI=1S/C9H12ClN3S/c1-5(2)7-4-14-9-12-8(10)6(3-11)13(7)9/h4-5H,3,11H2,1-2H3. The Balaban J connectivity index is 2.74. The van der Waals surface area contributed by atoms with E-state index >= 15 is 0 Å². The Labute approximate surface area is 91.5 Å². The molecule has 0 spiro atoms. The molecule has 0 bridgehead atoms. The molecule has 2 aromatic heterocycles. The number of imidazole rings is 1. The normalized spacial score (nSPS) is 11.8. The van der Waals surface area contributed by atoms with Crippen LogP contribution in [0, 0.1) is 0 Å². The van der Waals surface area contributed by atoms with Gasteiger partial charge in [-0.1, -0.05) is 25.4 Å². The molecule has 0 unspecified atom stereocenters. The molecule has 0 aliphatic rings. The molecule has 0 saturated heterocycles. The second kappa shape index (κ2) is 3.53. The molecular formula is C9H12ClN3S. The molecule has 0 aromatic carbocycles. The van der Waals surface area contributed by atoms with Crippen LogP contribution in [0.15, 0.2) is 5.38 Å². The molecule has 5 heteroatoms. The summed E-state index contributed by atoms with van der Waals surface area (Å²) in [5.41, 5.74) is 7.78. The van der Waals surface area contributed by atoms with Crippen molar-refractivity contribution < 1.29 is 0 Å². The van der Waals surface area contributed by atoms with Crippen molar-refractivity contribution in [2.45, 2.75) is 26.3 Å². The summed E-state index contributed by atoms with van der Waals surface area (Å²) in [6.07, 6.45) is 0. The number of hydrogen-bond acceptors (Lipinski definition) is 3. The van der Waals surface area contributed by atoms with Gasteiger partial charge in [-0.15, -0.1) is 11.3 Å². The van der Waals surface area contributed by atoms with Gasteiger partial charge in [-0.2, -0.15) is 0 Å². The van der Waals surface area contributed by atoms with Gasteiger partial charge in [0, 0.05) is 17.6 Å². The van der Waals surface area contributed by atoms with Gasteiger partial charge in [0.25, 0.3) is 0 Å². The van der Waals surface area contributed by atoms with E-state index in [1.165, 1.54) is 5.69 Å². The van der Waals surface area contributed by atoms with E-state index in [-0.39, 0.29) is 0 Å². The third-order valence-corrected chi connectivity index (χ3v) is 3.37. The molecular weight excluding hydrogens is 218 g/mol. The van der Waals surface area contributed by atoms with E-state index in [1.54, 1.807) is 11.3 Å². The molecule has 0 saturated carbocycles. The minimum Gasteiger partial charge on any atom is -0.325 e. The van der Waals surface area contributed by atoms with Crippen LogP contribution in [0.1, 0.15) is 31.2 Å². The van der Waals surface area contributed by atoms with E-state index in [0.717, 1.165) is 10.7 Å². The van der Waals surface area contributed by atoms with Gasteiger partial charge < -0.3 is 5.73 Å². The van der Waals surface area contributed by atoms with Crippen LogP contribution in [0.2, 0.25) is 5.15 Å². The molecule has 76 valence electrons. The van der Waals surface area contributed by atoms with Crippen LogP contribution in [0.5, 0.6) is 0 Å². The van der Waals surface area contributed by atoms with Crippen molar-refractivity contribution in [3.05, 3.63) is 21.9 Å². The zero-order valence-corrected chi connectivity index (χ0v) is 9.69. The van der Waals surface area contributed by atoms with Crippen LogP contribution >= 0.6 is 22.9 Å². The van der Waals surface area contributed by atoms with Gasteiger partial charge in [-0.3, -0.25) is 4.40 Å². The van der Waals surface area contributed by atoms with Gasteiger partial charge in [0.2, 0.25) is 0 Å². The van der Waals surface area contributed by atoms with E-state index in [9.17, 15) is 0 Å². The molecule has 3 nitrogen and oxygen atoms in total. The van der Waals surface area contributed by atoms with Gasteiger partial charge in [-0.25, -0.2) is 4.98 Å². The van der Waals surface area contributed by atoms with Crippen LogP contribution in [0.3, 0.4) is 0 Å². The molecule has 0 atom stereocenters. The smallest absolute Gasteiger partial charge is 0.195 e. The molecule has 2 heterocycles. The number of hydrogen-bond donors (Lipinski definition) is 1. The van der Waals surface area contributed by atoms with Crippen LogP contribution in [-0.2, 0) is 6.54 Å². The summed E-state index contributed by atoms with van der Waals surface area (Å²) in [5, 5.41) is 2.64. The molecule has 2 aromatic rings. The third kappa shape index (κ3) is 1.34. The number of rotatable bonds is 2. The van der Waals surface area contributed by atoms with Crippen molar-refractivity contribution in [3.63, 3.8) is 0 Å². The highest BCUT2D eigenvalue weighted by molar-refractivity contribution is 7.15. The largest absolute Gasteiger partial charge is 0.325 e. The average molecular weight is 230 g/mol. The summed E-state index contributed by atoms with van der Waals surface area (Å²) in [6, 6.07) is 0.